The number of hydrogen-bond acceptors (Lipinski definition) is 3. The maximum atomic E-state index is 9.96. The average molecular weight is 223 g/mol. The molecule has 0 saturated heterocycles. The first-order valence-electron chi connectivity index (χ1n) is 5.35. The van der Waals surface area contributed by atoms with Crippen molar-refractivity contribution in [3.63, 3.8) is 0 Å². The van der Waals surface area contributed by atoms with Crippen LogP contribution in [0.2, 0.25) is 0 Å². The minimum atomic E-state index is 0.199. The van der Waals surface area contributed by atoms with Crippen LogP contribution in [0.1, 0.15) is 32.3 Å². The summed E-state index contributed by atoms with van der Waals surface area (Å²) in [5.74, 6) is 1.46. The number of benzene rings is 1. The maximum Gasteiger partial charge on any atom is 0.0776 e. The Morgan fingerprint density at radius 1 is 1.47 bits per heavy atom. The van der Waals surface area contributed by atoms with Gasteiger partial charge < -0.3 is 0 Å². The lowest BCUT2D eigenvalue weighted by Crippen LogP contribution is -2.34. The van der Waals surface area contributed by atoms with E-state index in [1.807, 2.05) is 30.8 Å². The summed E-state index contributed by atoms with van der Waals surface area (Å²) in [5, 5.41) is 11.4. The molecule has 1 unspecified atom stereocenters. The van der Waals surface area contributed by atoms with Crippen LogP contribution < -0.4 is 5.06 Å². The Labute approximate surface area is 95.2 Å². The fourth-order valence-corrected chi connectivity index (χ4v) is 3.18. The highest BCUT2D eigenvalue weighted by atomic mass is 32.2. The molecule has 1 aliphatic rings. The molecule has 1 aliphatic heterocycles. The van der Waals surface area contributed by atoms with E-state index in [1.54, 1.807) is 0 Å². The molecule has 3 heteroatoms. The molecular weight excluding hydrogens is 206 g/mol. The van der Waals surface area contributed by atoms with Crippen LogP contribution in [-0.2, 0) is 0 Å². The van der Waals surface area contributed by atoms with Gasteiger partial charge in [0.25, 0.3) is 0 Å². The van der Waals surface area contributed by atoms with E-state index in [1.165, 1.54) is 15.5 Å². The van der Waals surface area contributed by atoms with Gasteiger partial charge in [-0.15, -0.1) is 11.8 Å². The average Bonchev–Trinajstić information content (AvgIpc) is 2.23. The summed E-state index contributed by atoms with van der Waals surface area (Å²) in [6.45, 7) is 6.42. The van der Waals surface area contributed by atoms with Crippen LogP contribution in [-0.4, -0.2) is 17.0 Å². The molecule has 0 amide bonds. The fraction of sp³-hybridized carbons (Fsp3) is 0.500. The van der Waals surface area contributed by atoms with Crippen molar-refractivity contribution in [1.29, 1.82) is 0 Å². The van der Waals surface area contributed by atoms with Gasteiger partial charge in [-0.05, 0) is 24.5 Å². The van der Waals surface area contributed by atoms with Gasteiger partial charge in [-0.25, -0.2) is 0 Å². The first-order valence-corrected chi connectivity index (χ1v) is 6.33. The summed E-state index contributed by atoms with van der Waals surface area (Å²) >= 11 is 1.85. The number of rotatable bonds is 1. The van der Waals surface area contributed by atoms with Crippen molar-refractivity contribution in [1.82, 2.24) is 0 Å². The zero-order valence-corrected chi connectivity index (χ0v) is 10.2. The monoisotopic (exact) mass is 223 g/mol. The van der Waals surface area contributed by atoms with Crippen molar-refractivity contribution in [3.05, 3.63) is 23.8 Å². The molecule has 1 heterocycles. The quantitative estimate of drug-likeness (QED) is 0.788. The summed E-state index contributed by atoms with van der Waals surface area (Å²) in [7, 11) is 0. The van der Waals surface area contributed by atoms with Crippen LogP contribution in [0.15, 0.2) is 23.1 Å². The standard InChI is InChI=1S/C12H17NOS/c1-8(2)10-5-4-6-11-12(10)15-7-9(3)13(11)14/h4-6,8-9,14H,7H2,1-3H3. The summed E-state index contributed by atoms with van der Waals surface area (Å²) in [6.07, 6.45) is 0. The lowest BCUT2D eigenvalue weighted by Gasteiger charge is -2.32. The topological polar surface area (TPSA) is 23.5 Å². The predicted octanol–water partition coefficient (Wildman–Crippen LogP) is 3.50. The lowest BCUT2D eigenvalue weighted by atomic mass is 10.0. The molecule has 1 atom stereocenters. The Morgan fingerprint density at radius 3 is 2.87 bits per heavy atom. The third-order valence-corrected chi connectivity index (χ3v) is 4.16. The smallest absolute Gasteiger partial charge is 0.0776 e. The summed E-state index contributed by atoms with van der Waals surface area (Å²) < 4.78 is 0. The van der Waals surface area contributed by atoms with Gasteiger partial charge in [0.05, 0.1) is 11.7 Å². The van der Waals surface area contributed by atoms with Crippen molar-refractivity contribution in [2.24, 2.45) is 0 Å². The predicted molar refractivity (Wildman–Crippen MR) is 65.0 cm³/mol. The number of anilines is 1. The Balaban J connectivity index is 2.48. The molecule has 1 N–H and O–H groups in total. The summed E-state index contributed by atoms with van der Waals surface area (Å²) in [5.41, 5.74) is 2.30. The highest BCUT2D eigenvalue weighted by Gasteiger charge is 2.24. The number of hydrogen-bond donors (Lipinski definition) is 1. The first kappa shape index (κ1) is 10.8. The van der Waals surface area contributed by atoms with Crippen molar-refractivity contribution in [2.45, 2.75) is 37.6 Å². The molecule has 0 spiro atoms. The SMILES string of the molecule is CC(C)c1cccc2c1SCC(C)N2O. The van der Waals surface area contributed by atoms with Gasteiger partial charge >= 0.3 is 0 Å². The van der Waals surface area contributed by atoms with E-state index in [9.17, 15) is 5.21 Å². The van der Waals surface area contributed by atoms with Gasteiger partial charge in [-0.1, -0.05) is 26.0 Å². The molecule has 0 saturated carbocycles. The molecule has 1 aromatic carbocycles. The summed E-state index contributed by atoms with van der Waals surface area (Å²) in [6, 6.07) is 6.37. The molecule has 82 valence electrons. The van der Waals surface area contributed by atoms with Gasteiger partial charge in [0.2, 0.25) is 0 Å². The zero-order chi connectivity index (χ0) is 11.0. The molecule has 1 aromatic rings. The van der Waals surface area contributed by atoms with Crippen molar-refractivity contribution >= 4 is 17.4 Å². The highest BCUT2D eigenvalue weighted by Crippen LogP contribution is 2.41. The van der Waals surface area contributed by atoms with E-state index in [-0.39, 0.29) is 6.04 Å². The van der Waals surface area contributed by atoms with E-state index in [0.29, 0.717) is 5.92 Å². The highest BCUT2D eigenvalue weighted by molar-refractivity contribution is 7.99. The second-order valence-electron chi connectivity index (χ2n) is 4.35. The normalized spacial score (nSPS) is 20.6. The van der Waals surface area contributed by atoms with Gasteiger partial charge in [0.1, 0.15) is 0 Å². The maximum absolute atomic E-state index is 9.96. The molecule has 0 fully saturated rings. The summed E-state index contributed by atoms with van der Waals surface area (Å²) in [4.78, 5) is 1.24. The third kappa shape index (κ3) is 1.86. The molecule has 0 bridgehead atoms. The van der Waals surface area contributed by atoms with Crippen LogP contribution >= 0.6 is 11.8 Å². The van der Waals surface area contributed by atoms with Gasteiger partial charge in [0.15, 0.2) is 0 Å². The molecule has 0 aromatic heterocycles. The van der Waals surface area contributed by atoms with Crippen LogP contribution in [0.5, 0.6) is 0 Å². The Kier molecular flexibility index (Phi) is 2.94. The molecule has 0 aliphatic carbocycles. The first-order chi connectivity index (χ1) is 7.11. The minimum Gasteiger partial charge on any atom is -0.288 e. The number of hydroxylamine groups is 1. The van der Waals surface area contributed by atoms with Crippen molar-refractivity contribution < 1.29 is 5.21 Å². The number of thioether (sulfide) groups is 1. The lowest BCUT2D eigenvalue weighted by molar-refractivity contribution is 0.226. The van der Waals surface area contributed by atoms with E-state index in [4.69, 9.17) is 0 Å². The van der Waals surface area contributed by atoms with E-state index < -0.39 is 0 Å². The molecule has 15 heavy (non-hydrogen) atoms. The third-order valence-electron chi connectivity index (χ3n) is 2.78. The minimum absolute atomic E-state index is 0.199. The van der Waals surface area contributed by atoms with E-state index >= 15 is 0 Å². The largest absolute Gasteiger partial charge is 0.288 e. The Bertz CT molecular complexity index is 365. The second-order valence-corrected chi connectivity index (χ2v) is 5.39. The zero-order valence-electron chi connectivity index (χ0n) is 9.40. The van der Waals surface area contributed by atoms with Crippen LogP contribution in [0.3, 0.4) is 0 Å². The van der Waals surface area contributed by atoms with Crippen LogP contribution in [0.25, 0.3) is 0 Å². The van der Waals surface area contributed by atoms with Crippen LogP contribution in [0, 0.1) is 0 Å². The number of fused-ring (bicyclic) bond motifs is 1. The molecule has 2 nitrogen and oxygen atoms in total. The van der Waals surface area contributed by atoms with Crippen LogP contribution in [0.4, 0.5) is 5.69 Å². The molecule has 0 radical (unpaired) electrons. The number of nitrogens with zero attached hydrogens (tertiary/aromatic N) is 1. The van der Waals surface area contributed by atoms with E-state index in [2.05, 4.69) is 19.9 Å². The molecular formula is C12H17NOS. The van der Waals surface area contributed by atoms with Gasteiger partial charge in [-0.2, -0.15) is 0 Å². The van der Waals surface area contributed by atoms with Gasteiger partial charge in [0, 0.05) is 10.6 Å². The van der Waals surface area contributed by atoms with E-state index in [0.717, 1.165) is 11.4 Å². The second kappa shape index (κ2) is 4.06. The molecule has 2 rings (SSSR count). The Hall–Kier alpha value is -0.670. The van der Waals surface area contributed by atoms with Gasteiger partial charge in [-0.3, -0.25) is 10.3 Å². The van der Waals surface area contributed by atoms with Crippen molar-refractivity contribution in [3.8, 4) is 0 Å². The Morgan fingerprint density at radius 2 is 2.20 bits per heavy atom. The van der Waals surface area contributed by atoms with Crippen molar-refractivity contribution in [2.75, 3.05) is 10.8 Å². The fourth-order valence-electron chi connectivity index (χ4n) is 1.85.